The summed E-state index contributed by atoms with van der Waals surface area (Å²) in [6.07, 6.45) is 8.21. The first-order valence-corrected chi connectivity index (χ1v) is 12.7. The van der Waals surface area contributed by atoms with E-state index in [4.69, 9.17) is 9.26 Å². The Morgan fingerprint density at radius 1 is 1.11 bits per heavy atom. The Morgan fingerprint density at radius 2 is 1.89 bits per heavy atom. The topological polar surface area (TPSA) is 114 Å². The number of nitrogens with one attached hydrogen (secondary N) is 2. The summed E-state index contributed by atoms with van der Waals surface area (Å²) in [5.41, 5.74) is 0.307. The molecule has 1 aliphatic carbocycles. The van der Waals surface area contributed by atoms with Gasteiger partial charge in [0.05, 0.1) is 17.9 Å². The molecular formula is C27H30N4O5. The average Bonchev–Trinajstić information content (AvgIpc) is 3.61. The molecule has 9 heteroatoms. The van der Waals surface area contributed by atoms with Crippen LogP contribution in [0.3, 0.4) is 0 Å². The summed E-state index contributed by atoms with van der Waals surface area (Å²) in [7, 11) is 0. The molecule has 3 aliphatic heterocycles. The number of anilines is 2. The van der Waals surface area contributed by atoms with E-state index in [2.05, 4.69) is 15.8 Å². The van der Waals surface area contributed by atoms with E-state index in [1.54, 1.807) is 17.9 Å². The second-order valence-electron chi connectivity index (χ2n) is 10.4. The van der Waals surface area contributed by atoms with Gasteiger partial charge in [-0.25, -0.2) is 0 Å². The molecule has 36 heavy (non-hydrogen) atoms. The Labute approximate surface area is 209 Å². The zero-order chi connectivity index (χ0) is 25.0. The summed E-state index contributed by atoms with van der Waals surface area (Å²) in [6.45, 7) is 3.65. The van der Waals surface area contributed by atoms with Gasteiger partial charge in [-0.1, -0.05) is 54.8 Å². The number of amides is 3. The molecule has 2 N–H and O–H groups in total. The van der Waals surface area contributed by atoms with E-state index >= 15 is 0 Å². The number of hydrogen-bond donors (Lipinski definition) is 2. The fourth-order valence-corrected chi connectivity index (χ4v) is 6.43. The fraction of sp³-hybridized carbons (Fsp3) is 0.481. The summed E-state index contributed by atoms with van der Waals surface area (Å²) in [4.78, 5) is 43.0. The van der Waals surface area contributed by atoms with Crippen molar-refractivity contribution >= 4 is 29.2 Å². The predicted molar refractivity (Wildman–Crippen MR) is 131 cm³/mol. The molecule has 6 rings (SSSR count). The molecule has 5 atom stereocenters. The molecule has 2 saturated heterocycles. The van der Waals surface area contributed by atoms with Crippen LogP contribution < -0.4 is 15.5 Å². The third-order valence-electron chi connectivity index (χ3n) is 8.03. The number of para-hydroxylation sites is 1. The first-order chi connectivity index (χ1) is 17.4. The number of ether oxygens (including phenoxy) is 1. The summed E-state index contributed by atoms with van der Waals surface area (Å²) in [5, 5.41) is 9.82. The molecule has 4 heterocycles. The Balaban J connectivity index is 1.38. The van der Waals surface area contributed by atoms with Crippen LogP contribution in [0.1, 0.15) is 43.4 Å². The molecule has 0 radical (unpaired) electrons. The second kappa shape index (κ2) is 8.58. The van der Waals surface area contributed by atoms with Crippen molar-refractivity contribution in [3.63, 3.8) is 0 Å². The molecule has 1 aromatic carbocycles. The Kier molecular flexibility index (Phi) is 5.48. The number of benzene rings is 1. The highest BCUT2D eigenvalue weighted by atomic mass is 16.5. The molecule has 2 bridgehead atoms. The second-order valence-corrected chi connectivity index (χ2v) is 10.4. The molecule has 0 unspecified atom stereocenters. The van der Waals surface area contributed by atoms with E-state index in [1.807, 2.05) is 43.3 Å². The Morgan fingerprint density at radius 3 is 2.61 bits per heavy atom. The zero-order valence-corrected chi connectivity index (χ0v) is 20.4. The molecule has 3 fully saturated rings. The van der Waals surface area contributed by atoms with Gasteiger partial charge in [0.15, 0.2) is 5.82 Å². The van der Waals surface area contributed by atoms with Crippen molar-refractivity contribution in [3.05, 3.63) is 53.8 Å². The van der Waals surface area contributed by atoms with Crippen LogP contribution in [-0.2, 0) is 19.1 Å². The van der Waals surface area contributed by atoms with E-state index in [9.17, 15) is 14.4 Å². The van der Waals surface area contributed by atoms with Gasteiger partial charge in [-0.2, -0.15) is 0 Å². The van der Waals surface area contributed by atoms with Crippen molar-refractivity contribution in [1.29, 1.82) is 0 Å². The van der Waals surface area contributed by atoms with Crippen molar-refractivity contribution in [3.8, 4) is 0 Å². The summed E-state index contributed by atoms with van der Waals surface area (Å²) >= 11 is 0. The smallest absolute Gasteiger partial charge is 0.246 e. The lowest BCUT2D eigenvalue weighted by atomic mass is 9.74. The van der Waals surface area contributed by atoms with E-state index < -0.39 is 29.6 Å². The van der Waals surface area contributed by atoms with Crippen LogP contribution in [0.4, 0.5) is 11.5 Å². The van der Waals surface area contributed by atoms with Gasteiger partial charge in [-0.05, 0) is 38.3 Å². The van der Waals surface area contributed by atoms with Crippen molar-refractivity contribution in [2.24, 2.45) is 11.8 Å². The summed E-state index contributed by atoms with van der Waals surface area (Å²) < 4.78 is 11.5. The third kappa shape index (κ3) is 3.48. The first-order valence-electron chi connectivity index (χ1n) is 12.7. The van der Waals surface area contributed by atoms with Crippen molar-refractivity contribution < 1.29 is 23.6 Å². The predicted octanol–water partition coefficient (Wildman–Crippen LogP) is 3.03. The van der Waals surface area contributed by atoms with E-state index in [0.29, 0.717) is 11.4 Å². The molecule has 1 spiro atoms. The molecule has 188 valence electrons. The molecule has 2 aromatic rings. The van der Waals surface area contributed by atoms with Gasteiger partial charge in [0, 0.05) is 17.8 Å². The van der Waals surface area contributed by atoms with Crippen LogP contribution in [0.5, 0.6) is 0 Å². The van der Waals surface area contributed by atoms with Crippen LogP contribution in [-0.4, -0.2) is 46.7 Å². The van der Waals surface area contributed by atoms with Gasteiger partial charge < -0.3 is 19.9 Å². The number of aromatic nitrogens is 1. The monoisotopic (exact) mass is 490 g/mol. The molecule has 3 amide bonds. The highest BCUT2D eigenvalue weighted by Crippen LogP contribution is 2.56. The lowest BCUT2D eigenvalue weighted by molar-refractivity contribution is -0.129. The minimum absolute atomic E-state index is 0.0765. The number of aryl methyl sites for hydroxylation is 2. The minimum Gasteiger partial charge on any atom is -0.360 e. The lowest BCUT2D eigenvalue weighted by Gasteiger charge is -2.34. The van der Waals surface area contributed by atoms with Crippen molar-refractivity contribution in [2.45, 2.75) is 69.7 Å². The van der Waals surface area contributed by atoms with E-state index in [1.165, 1.54) is 6.42 Å². The Hall–Kier alpha value is -3.46. The largest absolute Gasteiger partial charge is 0.360 e. The summed E-state index contributed by atoms with van der Waals surface area (Å²) in [6, 6.07) is 8.29. The van der Waals surface area contributed by atoms with E-state index in [-0.39, 0.29) is 29.6 Å². The fourth-order valence-electron chi connectivity index (χ4n) is 6.43. The average molecular weight is 491 g/mol. The third-order valence-corrected chi connectivity index (χ3v) is 8.03. The molecule has 9 nitrogen and oxygen atoms in total. The normalized spacial score (nSPS) is 31.1. The van der Waals surface area contributed by atoms with Crippen LogP contribution >= 0.6 is 0 Å². The number of carbonyl (C=O) groups is 3. The highest BCUT2D eigenvalue weighted by Gasteiger charge is 2.73. The molecule has 4 aliphatic rings. The van der Waals surface area contributed by atoms with Gasteiger partial charge >= 0.3 is 0 Å². The van der Waals surface area contributed by atoms with Crippen molar-refractivity contribution in [2.75, 3.05) is 10.2 Å². The quantitative estimate of drug-likeness (QED) is 0.623. The first kappa shape index (κ1) is 23.0. The number of fused-ring (bicyclic) bond motifs is 1. The maximum atomic E-state index is 14.1. The van der Waals surface area contributed by atoms with Gasteiger partial charge in [0.1, 0.15) is 17.4 Å². The maximum absolute atomic E-state index is 14.1. The molecular weight excluding hydrogens is 460 g/mol. The van der Waals surface area contributed by atoms with Gasteiger partial charge in [0.25, 0.3) is 0 Å². The van der Waals surface area contributed by atoms with Crippen molar-refractivity contribution in [1.82, 2.24) is 10.5 Å². The Bertz CT molecular complexity index is 1250. The number of rotatable bonds is 5. The highest BCUT2D eigenvalue weighted by molar-refractivity contribution is 6.11. The zero-order valence-electron chi connectivity index (χ0n) is 20.4. The van der Waals surface area contributed by atoms with Crippen LogP contribution in [0, 0.1) is 25.7 Å². The maximum Gasteiger partial charge on any atom is 0.246 e. The van der Waals surface area contributed by atoms with Gasteiger partial charge in [-0.15, -0.1) is 0 Å². The van der Waals surface area contributed by atoms with Crippen LogP contribution in [0.2, 0.25) is 0 Å². The van der Waals surface area contributed by atoms with Crippen LogP contribution in [0.25, 0.3) is 0 Å². The molecule has 1 aromatic heterocycles. The SMILES string of the molecule is Cc1cc(NC(=O)[C@H]2[C@H]3C(=O)N(c4ccccc4C)[C@H](C(=O)NC4CCCCC4)[C@@]34C=C[C@H]2O4)no1. The standard InChI is InChI=1S/C27H30N4O5/c1-15-8-6-7-11-18(15)31-23(25(33)28-17-9-4-3-5-10-17)27-13-12-19(35-27)21(22(27)26(31)34)24(32)29-20-14-16(2)36-30-20/h6-8,11-14,17,19,21-23H,3-5,9-10H2,1-2H3,(H,28,33)(H,29,30,32)/t19-,21-,22+,23-,27-/m1/s1. The van der Waals surface area contributed by atoms with Crippen LogP contribution in [0.15, 0.2) is 47.0 Å². The number of nitrogens with zero attached hydrogens (tertiary/aromatic N) is 2. The minimum atomic E-state index is -1.22. The van der Waals surface area contributed by atoms with Gasteiger partial charge in [0.2, 0.25) is 17.7 Å². The lowest BCUT2D eigenvalue weighted by Crippen LogP contribution is -2.56. The number of carbonyl (C=O) groups excluding carboxylic acids is 3. The summed E-state index contributed by atoms with van der Waals surface area (Å²) in [5.74, 6) is -1.67. The molecule has 1 saturated carbocycles. The van der Waals surface area contributed by atoms with E-state index in [0.717, 1.165) is 31.2 Å². The number of hydrogen-bond acceptors (Lipinski definition) is 6. The van der Waals surface area contributed by atoms with Gasteiger partial charge in [-0.3, -0.25) is 19.3 Å².